The van der Waals surface area contributed by atoms with Gasteiger partial charge in [0.2, 0.25) is 0 Å². The summed E-state index contributed by atoms with van der Waals surface area (Å²) >= 11 is 0. The number of hydrogen-bond donors (Lipinski definition) is 0. The van der Waals surface area contributed by atoms with E-state index < -0.39 is 0 Å². The Kier molecular flexibility index (Phi) is 7.73. The standard InChI is InChI=1S/C49H32N4O/c1-4-16-35(17-5-1)47-50-48(36-18-6-2-7-19-36)52-49(51-47)37-31-42(46-41-24-12-13-26-44(41)54-45(46)32-37)34-27-29-39(30-28-34)53(38-21-8-3-9-22-38)43-25-14-20-33-15-10-11-23-40(33)43/h1-32H. The van der Waals surface area contributed by atoms with Crippen LogP contribution in [-0.4, -0.2) is 15.0 Å². The lowest BCUT2D eigenvalue weighted by molar-refractivity contribution is 0.669. The zero-order chi connectivity index (χ0) is 35.8. The minimum Gasteiger partial charge on any atom is -0.456 e. The second-order valence-corrected chi connectivity index (χ2v) is 13.2. The molecule has 0 unspecified atom stereocenters. The second-order valence-electron chi connectivity index (χ2n) is 13.2. The Morgan fingerprint density at radius 3 is 1.59 bits per heavy atom. The van der Waals surface area contributed by atoms with Crippen LogP contribution in [0.15, 0.2) is 199 Å². The minimum atomic E-state index is 0.578. The predicted octanol–water partition coefficient (Wildman–Crippen LogP) is 13.1. The molecule has 0 spiro atoms. The Bertz CT molecular complexity index is 2860. The van der Waals surface area contributed by atoms with Gasteiger partial charge in [-0.25, -0.2) is 15.0 Å². The Balaban J connectivity index is 1.16. The first kappa shape index (κ1) is 31.4. The van der Waals surface area contributed by atoms with Crippen LogP contribution in [0, 0.1) is 0 Å². The van der Waals surface area contributed by atoms with E-state index >= 15 is 0 Å². The molecule has 8 aromatic carbocycles. The first-order chi connectivity index (χ1) is 26.8. The maximum absolute atomic E-state index is 6.55. The molecule has 0 aliphatic carbocycles. The van der Waals surface area contributed by atoms with Gasteiger partial charge in [0.05, 0.1) is 5.69 Å². The summed E-state index contributed by atoms with van der Waals surface area (Å²) < 4.78 is 6.55. The minimum absolute atomic E-state index is 0.578. The van der Waals surface area contributed by atoms with Crippen LogP contribution in [0.2, 0.25) is 0 Å². The van der Waals surface area contributed by atoms with E-state index in [9.17, 15) is 0 Å². The van der Waals surface area contributed by atoms with Crippen LogP contribution in [0.4, 0.5) is 17.1 Å². The fraction of sp³-hybridized carbons (Fsp3) is 0. The van der Waals surface area contributed by atoms with Gasteiger partial charge in [-0.05, 0) is 65.0 Å². The predicted molar refractivity (Wildman–Crippen MR) is 221 cm³/mol. The molecule has 0 atom stereocenters. The van der Waals surface area contributed by atoms with Crippen molar-refractivity contribution < 1.29 is 4.42 Å². The van der Waals surface area contributed by atoms with E-state index in [2.05, 4.69) is 126 Å². The van der Waals surface area contributed by atoms with E-state index in [1.165, 1.54) is 10.8 Å². The van der Waals surface area contributed by atoms with Gasteiger partial charge in [-0.15, -0.1) is 0 Å². The van der Waals surface area contributed by atoms with Gasteiger partial charge in [0.25, 0.3) is 0 Å². The number of anilines is 3. The number of fused-ring (bicyclic) bond motifs is 4. The van der Waals surface area contributed by atoms with Crippen molar-refractivity contribution in [2.75, 3.05) is 4.90 Å². The fourth-order valence-corrected chi connectivity index (χ4v) is 7.35. The van der Waals surface area contributed by atoms with Crippen LogP contribution >= 0.6 is 0 Å². The highest BCUT2D eigenvalue weighted by atomic mass is 16.3. The van der Waals surface area contributed by atoms with Gasteiger partial charge in [-0.3, -0.25) is 0 Å². The molecule has 5 heteroatoms. The van der Waals surface area contributed by atoms with E-state index in [1.54, 1.807) is 0 Å². The van der Waals surface area contributed by atoms with Gasteiger partial charge in [0, 0.05) is 44.2 Å². The van der Waals surface area contributed by atoms with Crippen molar-refractivity contribution in [2.24, 2.45) is 0 Å². The van der Waals surface area contributed by atoms with Crippen molar-refractivity contribution in [1.29, 1.82) is 0 Å². The maximum Gasteiger partial charge on any atom is 0.164 e. The maximum atomic E-state index is 6.55. The summed E-state index contributed by atoms with van der Waals surface area (Å²) in [5.74, 6) is 1.81. The molecule has 0 aliphatic heterocycles. The average molecular weight is 693 g/mol. The Morgan fingerprint density at radius 2 is 0.907 bits per heavy atom. The van der Waals surface area contributed by atoms with E-state index in [1.807, 2.05) is 72.8 Å². The van der Waals surface area contributed by atoms with Gasteiger partial charge < -0.3 is 9.32 Å². The molecule has 0 N–H and O–H groups in total. The molecule has 10 rings (SSSR count). The third kappa shape index (κ3) is 5.65. The van der Waals surface area contributed by atoms with Gasteiger partial charge in [0.1, 0.15) is 11.2 Å². The molecule has 254 valence electrons. The summed E-state index contributed by atoms with van der Waals surface area (Å²) in [4.78, 5) is 17.4. The highest BCUT2D eigenvalue weighted by molar-refractivity contribution is 6.13. The van der Waals surface area contributed by atoms with Crippen LogP contribution in [0.5, 0.6) is 0 Å². The number of nitrogens with zero attached hydrogens (tertiary/aromatic N) is 4. The molecule has 0 fully saturated rings. The van der Waals surface area contributed by atoms with Crippen LogP contribution in [0.3, 0.4) is 0 Å². The van der Waals surface area contributed by atoms with Crippen molar-refractivity contribution in [2.45, 2.75) is 0 Å². The third-order valence-corrected chi connectivity index (χ3v) is 9.89. The number of para-hydroxylation sites is 2. The van der Waals surface area contributed by atoms with Crippen molar-refractivity contribution >= 4 is 49.8 Å². The number of aromatic nitrogens is 3. The third-order valence-electron chi connectivity index (χ3n) is 9.89. The molecule has 2 aromatic heterocycles. The molecule has 0 saturated heterocycles. The zero-order valence-electron chi connectivity index (χ0n) is 29.2. The number of hydrogen-bond acceptors (Lipinski definition) is 5. The Hall–Kier alpha value is -7.37. The molecular weight excluding hydrogens is 661 g/mol. The molecule has 0 saturated carbocycles. The monoisotopic (exact) mass is 692 g/mol. The normalized spacial score (nSPS) is 11.3. The lowest BCUT2D eigenvalue weighted by Gasteiger charge is -2.27. The van der Waals surface area contributed by atoms with Crippen molar-refractivity contribution in [3.8, 4) is 45.3 Å². The van der Waals surface area contributed by atoms with E-state index in [4.69, 9.17) is 19.4 Å². The van der Waals surface area contributed by atoms with Gasteiger partial charge in [0.15, 0.2) is 17.5 Å². The molecule has 0 amide bonds. The molecule has 2 heterocycles. The van der Waals surface area contributed by atoms with E-state index in [-0.39, 0.29) is 0 Å². The summed E-state index contributed by atoms with van der Waals surface area (Å²) in [5.41, 5.74) is 9.67. The van der Waals surface area contributed by atoms with Crippen LogP contribution < -0.4 is 4.90 Å². The van der Waals surface area contributed by atoms with E-state index in [0.717, 1.165) is 66.8 Å². The summed E-state index contributed by atoms with van der Waals surface area (Å²) in [6, 6.07) is 67.0. The van der Waals surface area contributed by atoms with Crippen LogP contribution in [-0.2, 0) is 0 Å². The van der Waals surface area contributed by atoms with Crippen molar-refractivity contribution in [3.05, 3.63) is 194 Å². The van der Waals surface area contributed by atoms with Crippen molar-refractivity contribution in [1.82, 2.24) is 15.0 Å². The van der Waals surface area contributed by atoms with Crippen LogP contribution in [0.25, 0.3) is 78.0 Å². The summed E-state index contributed by atoms with van der Waals surface area (Å²) in [7, 11) is 0. The Labute approximate surface area is 312 Å². The molecular formula is C49H32N4O. The number of furan rings is 1. The van der Waals surface area contributed by atoms with Gasteiger partial charge in [-0.2, -0.15) is 0 Å². The number of rotatable bonds is 7. The second kappa shape index (κ2) is 13.3. The Morgan fingerprint density at radius 1 is 0.370 bits per heavy atom. The summed E-state index contributed by atoms with van der Waals surface area (Å²) in [5, 5.41) is 4.50. The molecule has 0 aliphatic rings. The molecule has 10 aromatic rings. The smallest absolute Gasteiger partial charge is 0.164 e. The first-order valence-electron chi connectivity index (χ1n) is 18.0. The summed E-state index contributed by atoms with van der Waals surface area (Å²) in [6.07, 6.45) is 0. The van der Waals surface area contributed by atoms with Gasteiger partial charge in [-0.1, -0.05) is 146 Å². The molecule has 0 bridgehead atoms. The van der Waals surface area contributed by atoms with Gasteiger partial charge >= 0.3 is 0 Å². The van der Waals surface area contributed by atoms with Crippen molar-refractivity contribution in [3.63, 3.8) is 0 Å². The zero-order valence-corrected chi connectivity index (χ0v) is 29.2. The number of benzene rings is 8. The van der Waals surface area contributed by atoms with E-state index in [0.29, 0.717) is 17.5 Å². The lowest BCUT2D eigenvalue weighted by atomic mass is 9.96. The molecule has 54 heavy (non-hydrogen) atoms. The average Bonchev–Trinajstić information content (AvgIpc) is 3.63. The highest BCUT2D eigenvalue weighted by Gasteiger charge is 2.20. The SMILES string of the molecule is c1ccc(-c2nc(-c3ccccc3)nc(-c3cc(-c4ccc(N(c5ccccc5)c5cccc6ccccc56)cc4)c4c(c3)oc3ccccc34)n2)cc1. The first-order valence-corrected chi connectivity index (χ1v) is 18.0. The lowest BCUT2D eigenvalue weighted by Crippen LogP contribution is -2.10. The molecule has 0 radical (unpaired) electrons. The highest BCUT2D eigenvalue weighted by Crippen LogP contribution is 2.43. The fourth-order valence-electron chi connectivity index (χ4n) is 7.35. The molecule has 5 nitrogen and oxygen atoms in total. The topological polar surface area (TPSA) is 55.1 Å². The quantitative estimate of drug-likeness (QED) is 0.166. The summed E-state index contributed by atoms with van der Waals surface area (Å²) in [6.45, 7) is 0. The van der Waals surface area contributed by atoms with Crippen LogP contribution in [0.1, 0.15) is 0 Å². The largest absolute Gasteiger partial charge is 0.456 e.